The smallest absolute Gasteiger partial charge is 0.302 e. The minimum atomic E-state index is -0.620. The van der Waals surface area contributed by atoms with Gasteiger partial charge in [0.25, 0.3) is 0 Å². The molecule has 0 aliphatic carbocycles. The summed E-state index contributed by atoms with van der Waals surface area (Å²) in [5.41, 5.74) is 0.701. The summed E-state index contributed by atoms with van der Waals surface area (Å²) in [7, 11) is 0. The Morgan fingerprint density at radius 3 is 2.71 bits per heavy atom. The molecule has 3 aliphatic rings. The van der Waals surface area contributed by atoms with Crippen molar-refractivity contribution < 1.29 is 33.6 Å². The Morgan fingerprint density at radius 2 is 2.03 bits per heavy atom. The number of hydrogen-bond acceptors (Lipinski definition) is 7. The molecule has 34 heavy (non-hydrogen) atoms. The van der Waals surface area contributed by atoms with E-state index in [0.29, 0.717) is 32.0 Å². The van der Waals surface area contributed by atoms with Crippen molar-refractivity contribution in [3.63, 3.8) is 0 Å². The van der Waals surface area contributed by atoms with E-state index in [1.807, 2.05) is 26.0 Å². The van der Waals surface area contributed by atoms with Crippen molar-refractivity contribution >= 4 is 11.9 Å². The van der Waals surface area contributed by atoms with E-state index in [9.17, 15) is 14.7 Å². The van der Waals surface area contributed by atoms with E-state index in [0.717, 1.165) is 24.8 Å². The minimum Gasteiger partial charge on any atom is -0.463 e. The van der Waals surface area contributed by atoms with Crippen LogP contribution >= 0.6 is 0 Å². The van der Waals surface area contributed by atoms with Crippen LogP contribution in [0.1, 0.15) is 66.7 Å². The van der Waals surface area contributed by atoms with Gasteiger partial charge in [0, 0.05) is 19.8 Å². The Balaban J connectivity index is 1.42. The average Bonchev–Trinajstić information content (AvgIpc) is 3.54. The van der Waals surface area contributed by atoms with Crippen LogP contribution in [0, 0.1) is 5.92 Å². The van der Waals surface area contributed by atoms with Crippen molar-refractivity contribution in [1.82, 2.24) is 5.32 Å². The lowest BCUT2D eigenvalue weighted by molar-refractivity contribution is -0.146. The maximum absolute atomic E-state index is 12.4. The number of carbonyl (C=O) groups is 2. The third-order valence-electron chi connectivity index (χ3n) is 7.13. The Kier molecular flexibility index (Phi) is 9.32. The van der Waals surface area contributed by atoms with Gasteiger partial charge in [0.15, 0.2) is 0 Å². The number of allylic oxidation sites excluding steroid dienone is 2. The van der Waals surface area contributed by atoms with Gasteiger partial charge < -0.3 is 29.4 Å². The quantitative estimate of drug-likeness (QED) is 0.297. The third kappa shape index (κ3) is 7.38. The number of hydrogen-bond donors (Lipinski definition) is 2. The maximum atomic E-state index is 12.4. The summed E-state index contributed by atoms with van der Waals surface area (Å²) in [6.45, 7) is 10.6. The van der Waals surface area contributed by atoms with Gasteiger partial charge in [-0.1, -0.05) is 30.7 Å². The van der Waals surface area contributed by atoms with Gasteiger partial charge in [-0.05, 0) is 46.0 Å². The number of amides is 1. The highest BCUT2D eigenvalue weighted by Gasteiger charge is 2.55. The van der Waals surface area contributed by atoms with Crippen molar-refractivity contribution in [2.45, 2.75) is 109 Å². The number of esters is 1. The molecular weight excluding hydrogens is 438 g/mol. The van der Waals surface area contributed by atoms with Crippen LogP contribution in [0.15, 0.2) is 23.8 Å². The zero-order valence-corrected chi connectivity index (χ0v) is 21.1. The highest BCUT2D eigenvalue weighted by Crippen LogP contribution is 2.40. The second kappa shape index (κ2) is 11.8. The topological polar surface area (TPSA) is 107 Å². The van der Waals surface area contributed by atoms with Gasteiger partial charge >= 0.3 is 5.97 Å². The van der Waals surface area contributed by atoms with Gasteiger partial charge in [-0.15, -0.1) is 0 Å². The van der Waals surface area contributed by atoms with E-state index >= 15 is 0 Å². The molecule has 1 spiro atoms. The fourth-order valence-electron chi connectivity index (χ4n) is 4.76. The van der Waals surface area contributed by atoms with Gasteiger partial charge in [-0.3, -0.25) is 9.59 Å². The molecule has 3 aliphatic heterocycles. The predicted molar refractivity (Wildman–Crippen MR) is 127 cm³/mol. The van der Waals surface area contributed by atoms with Gasteiger partial charge in [0.1, 0.15) is 17.8 Å². The van der Waals surface area contributed by atoms with E-state index in [4.69, 9.17) is 18.9 Å². The molecule has 8 atom stereocenters. The summed E-state index contributed by atoms with van der Waals surface area (Å²) in [5.74, 6) is -0.0793. The molecule has 8 heteroatoms. The summed E-state index contributed by atoms with van der Waals surface area (Å²) >= 11 is 0. The lowest BCUT2D eigenvalue weighted by Gasteiger charge is -2.39. The van der Waals surface area contributed by atoms with Crippen molar-refractivity contribution in [1.29, 1.82) is 0 Å². The average molecular weight is 480 g/mol. The lowest BCUT2D eigenvalue weighted by atomic mass is 9.88. The first-order chi connectivity index (χ1) is 16.1. The number of ether oxygens (including phenoxy) is 4. The fourth-order valence-corrected chi connectivity index (χ4v) is 4.76. The van der Waals surface area contributed by atoms with Crippen LogP contribution in [-0.2, 0) is 28.5 Å². The zero-order chi connectivity index (χ0) is 24.9. The SMILES string of the molecule is CC(=O)O[C@@H](C)CCC(=O)N[C@@H]1C[C@H](C)[C@H](C/C=C(C)/C=C/[C@H]2OCC[C@@]3(CO3)[C@@H]2O)O[C@@H]1C. The molecule has 3 rings (SSSR count). The highest BCUT2D eigenvalue weighted by molar-refractivity contribution is 5.76. The highest BCUT2D eigenvalue weighted by atomic mass is 16.6. The van der Waals surface area contributed by atoms with Gasteiger partial charge in [0.2, 0.25) is 5.91 Å². The number of epoxide rings is 1. The molecule has 8 nitrogen and oxygen atoms in total. The summed E-state index contributed by atoms with van der Waals surface area (Å²) < 4.78 is 22.5. The Bertz CT molecular complexity index is 775. The molecule has 3 heterocycles. The monoisotopic (exact) mass is 479 g/mol. The van der Waals surface area contributed by atoms with Crippen LogP contribution in [-0.4, -0.2) is 72.4 Å². The van der Waals surface area contributed by atoms with Crippen LogP contribution in [0.5, 0.6) is 0 Å². The molecule has 3 fully saturated rings. The molecule has 0 aromatic heterocycles. The van der Waals surface area contributed by atoms with E-state index in [1.54, 1.807) is 6.92 Å². The maximum Gasteiger partial charge on any atom is 0.302 e. The number of aliphatic hydroxyl groups excluding tert-OH is 1. The lowest BCUT2D eigenvalue weighted by Crippen LogP contribution is -2.50. The molecule has 0 radical (unpaired) electrons. The molecule has 0 bridgehead atoms. The Labute approximate surface area is 203 Å². The largest absolute Gasteiger partial charge is 0.463 e. The Hall–Kier alpha value is -1.74. The molecule has 0 aromatic carbocycles. The van der Waals surface area contributed by atoms with Crippen LogP contribution in [0.4, 0.5) is 0 Å². The minimum absolute atomic E-state index is 0.0327. The van der Waals surface area contributed by atoms with Crippen LogP contribution < -0.4 is 5.32 Å². The van der Waals surface area contributed by atoms with E-state index in [1.165, 1.54) is 6.92 Å². The van der Waals surface area contributed by atoms with E-state index < -0.39 is 6.10 Å². The van der Waals surface area contributed by atoms with Crippen molar-refractivity contribution in [3.05, 3.63) is 23.8 Å². The molecular formula is C26H41NO7. The zero-order valence-electron chi connectivity index (χ0n) is 21.1. The summed E-state index contributed by atoms with van der Waals surface area (Å²) in [6.07, 6.45) is 8.02. The fraction of sp³-hybridized carbons (Fsp3) is 0.769. The van der Waals surface area contributed by atoms with Crippen molar-refractivity contribution in [3.8, 4) is 0 Å². The second-order valence-corrected chi connectivity index (χ2v) is 10.2. The molecule has 0 saturated carbocycles. The van der Waals surface area contributed by atoms with Gasteiger partial charge in [0.05, 0.1) is 37.6 Å². The van der Waals surface area contributed by atoms with Crippen LogP contribution in [0.2, 0.25) is 0 Å². The molecule has 0 aromatic rings. The molecule has 1 amide bonds. The predicted octanol–water partition coefficient (Wildman–Crippen LogP) is 2.83. The number of rotatable bonds is 9. The van der Waals surface area contributed by atoms with Crippen molar-refractivity contribution in [2.75, 3.05) is 13.2 Å². The summed E-state index contributed by atoms with van der Waals surface area (Å²) in [6, 6.07) is -0.0327. The van der Waals surface area contributed by atoms with Crippen LogP contribution in [0.3, 0.4) is 0 Å². The standard InChI is InChI=1S/C26H41NO7/c1-16(7-10-23-25(30)26(15-32-26)12-13-31-23)6-9-22-17(2)14-21(19(4)34-22)27-24(29)11-8-18(3)33-20(5)28/h6-7,10,17-19,21-23,25,30H,8-9,11-15H2,1-5H3,(H,27,29)/b10-7+,16-6+/t17-,18-,19+,21+,22-,23+,25+,26+/m0/s1. The third-order valence-corrected chi connectivity index (χ3v) is 7.13. The number of carbonyl (C=O) groups excluding carboxylic acids is 2. The number of nitrogens with one attached hydrogen (secondary N) is 1. The first-order valence-electron chi connectivity index (χ1n) is 12.5. The molecule has 0 unspecified atom stereocenters. The van der Waals surface area contributed by atoms with Crippen molar-refractivity contribution in [2.24, 2.45) is 5.92 Å². The second-order valence-electron chi connectivity index (χ2n) is 10.2. The first-order valence-corrected chi connectivity index (χ1v) is 12.5. The van der Waals surface area contributed by atoms with E-state index in [2.05, 4.69) is 18.3 Å². The number of aliphatic hydroxyl groups is 1. The summed E-state index contributed by atoms with van der Waals surface area (Å²) in [5, 5.41) is 13.5. The van der Waals surface area contributed by atoms with E-state index in [-0.39, 0.29) is 47.9 Å². The normalized spacial score (nSPS) is 36.9. The molecule has 3 saturated heterocycles. The van der Waals surface area contributed by atoms with Gasteiger partial charge in [-0.2, -0.15) is 0 Å². The molecule has 192 valence electrons. The van der Waals surface area contributed by atoms with Crippen LogP contribution in [0.25, 0.3) is 0 Å². The first kappa shape index (κ1) is 26.9. The van der Waals surface area contributed by atoms with Gasteiger partial charge in [-0.25, -0.2) is 0 Å². The molecule has 2 N–H and O–H groups in total. The Morgan fingerprint density at radius 1 is 1.29 bits per heavy atom. The summed E-state index contributed by atoms with van der Waals surface area (Å²) in [4.78, 5) is 23.4.